The predicted molar refractivity (Wildman–Crippen MR) is 84.9 cm³/mol. The van der Waals surface area contributed by atoms with Crippen LogP contribution < -0.4 is 4.18 Å². The second-order valence-electron chi connectivity index (χ2n) is 7.33. The van der Waals surface area contributed by atoms with Gasteiger partial charge in [0.2, 0.25) is 0 Å². The molecule has 1 aromatic carbocycles. The molecule has 0 spiro atoms. The zero-order valence-corrected chi connectivity index (χ0v) is 14.7. The summed E-state index contributed by atoms with van der Waals surface area (Å²) in [5, 5.41) is 0. The quantitative estimate of drug-likeness (QED) is 0.790. The van der Waals surface area contributed by atoms with E-state index in [1.54, 1.807) is 12.1 Å². The molecule has 1 atom stereocenters. The van der Waals surface area contributed by atoms with Crippen LogP contribution >= 0.6 is 0 Å². The SMILES string of the molecule is CC(C)(C)OC(c1ccc(OS(C)(=O)=O)cc1)C(C)(C)C. The summed E-state index contributed by atoms with van der Waals surface area (Å²) in [6.45, 7) is 12.4. The van der Waals surface area contributed by atoms with E-state index in [4.69, 9.17) is 8.92 Å². The Morgan fingerprint density at radius 3 is 1.76 bits per heavy atom. The second kappa shape index (κ2) is 5.97. The summed E-state index contributed by atoms with van der Waals surface area (Å²) in [6, 6.07) is 7.01. The van der Waals surface area contributed by atoms with Crippen molar-refractivity contribution in [1.29, 1.82) is 0 Å². The molecule has 21 heavy (non-hydrogen) atoms. The topological polar surface area (TPSA) is 52.6 Å². The molecule has 120 valence electrons. The number of ether oxygens (including phenoxy) is 1. The molecular formula is C16H26O4S. The molecule has 0 heterocycles. The predicted octanol–water partition coefficient (Wildman–Crippen LogP) is 3.93. The summed E-state index contributed by atoms with van der Waals surface area (Å²) < 4.78 is 33.3. The highest BCUT2D eigenvalue weighted by Gasteiger charge is 2.31. The summed E-state index contributed by atoms with van der Waals surface area (Å²) >= 11 is 0. The fourth-order valence-electron chi connectivity index (χ4n) is 1.97. The maximum atomic E-state index is 11.1. The van der Waals surface area contributed by atoms with Crippen LogP contribution in [0.15, 0.2) is 24.3 Å². The van der Waals surface area contributed by atoms with Crippen LogP contribution in [0, 0.1) is 5.41 Å². The first-order valence-electron chi connectivity index (χ1n) is 6.95. The molecule has 1 aromatic rings. The first-order valence-corrected chi connectivity index (χ1v) is 8.77. The van der Waals surface area contributed by atoms with Gasteiger partial charge < -0.3 is 8.92 Å². The Hall–Kier alpha value is -1.07. The Bertz CT molecular complexity index is 560. The molecule has 1 unspecified atom stereocenters. The summed E-state index contributed by atoms with van der Waals surface area (Å²) in [4.78, 5) is 0. The van der Waals surface area contributed by atoms with E-state index < -0.39 is 10.1 Å². The van der Waals surface area contributed by atoms with E-state index in [1.807, 2.05) is 32.9 Å². The number of rotatable bonds is 4. The highest BCUT2D eigenvalue weighted by Crippen LogP contribution is 2.39. The Kier molecular flexibility index (Phi) is 5.11. The van der Waals surface area contributed by atoms with Gasteiger partial charge in [-0.25, -0.2) is 0 Å². The van der Waals surface area contributed by atoms with Crippen molar-refractivity contribution in [2.24, 2.45) is 5.41 Å². The van der Waals surface area contributed by atoms with Crippen molar-refractivity contribution in [2.45, 2.75) is 53.2 Å². The third kappa shape index (κ3) is 6.48. The number of hydrogen-bond acceptors (Lipinski definition) is 4. The fraction of sp³-hybridized carbons (Fsp3) is 0.625. The van der Waals surface area contributed by atoms with Crippen molar-refractivity contribution in [2.75, 3.05) is 6.26 Å². The lowest BCUT2D eigenvalue weighted by molar-refractivity contribution is -0.107. The molecule has 0 radical (unpaired) electrons. The van der Waals surface area contributed by atoms with Crippen LogP contribution in [0.1, 0.15) is 53.2 Å². The summed E-state index contributed by atoms with van der Waals surface area (Å²) in [5.41, 5.74) is 0.657. The van der Waals surface area contributed by atoms with Crippen molar-refractivity contribution in [3.05, 3.63) is 29.8 Å². The van der Waals surface area contributed by atoms with Gasteiger partial charge in [-0.05, 0) is 43.9 Å². The van der Waals surface area contributed by atoms with Crippen molar-refractivity contribution >= 4 is 10.1 Å². The van der Waals surface area contributed by atoms with E-state index in [2.05, 4.69) is 20.8 Å². The minimum Gasteiger partial charge on any atom is -0.383 e. The van der Waals surface area contributed by atoms with E-state index in [0.717, 1.165) is 11.8 Å². The monoisotopic (exact) mass is 314 g/mol. The zero-order valence-electron chi connectivity index (χ0n) is 13.9. The van der Waals surface area contributed by atoms with E-state index in [-0.39, 0.29) is 17.1 Å². The summed E-state index contributed by atoms with van der Waals surface area (Å²) in [6.07, 6.45) is 0.937. The second-order valence-corrected chi connectivity index (χ2v) is 8.91. The lowest BCUT2D eigenvalue weighted by Gasteiger charge is -2.36. The molecule has 1 rings (SSSR count). The van der Waals surface area contributed by atoms with Crippen LogP contribution in [0.4, 0.5) is 0 Å². The molecule has 0 N–H and O–H groups in total. The summed E-state index contributed by atoms with van der Waals surface area (Å²) in [7, 11) is -3.50. The van der Waals surface area contributed by atoms with Gasteiger partial charge in [-0.1, -0.05) is 32.9 Å². The van der Waals surface area contributed by atoms with E-state index in [9.17, 15) is 8.42 Å². The molecule has 0 aliphatic heterocycles. The minimum atomic E-state index is -3.50. The molecule has 0 fully saturated rings. The van der Waals surface area contributed by atoms with Crippen molar-refractivity contribution < 1.29 is 17.3 Å². The first kappa shape index (κ1) is 18.0. The molecular weight excluding hydrogens is 288 g/mol. The maximum Gasteiger partial charge on any atom is 0.306 e. The van der Waals surface area contributed by atoms with Crippen molar-refractivity contribution in [3.8, 4) is 5.75 Å². The van der Waals surface area contributed by atoms with Crippen molar-refractivity contribution in [3.63, 3.8) is 0 Å². The average molecular weight is 314 g/mol. The lowest BCUT2D eigenvalue weighted by Crippen LogP contribution is -2.30. The Morgan fingerprint density at radius 2 is 1.43 bits per heavy atom. The Balaban J connectivity index is 3.05. The van der Waals surface area contributed by atoms with Gasteiger partial charge in [0.25, 0.3) is 0 Å². The average Bonchev–Trinajstić information content (AvgIpc) is 2.22. The molecule has 0 aliphatic rings. The van der Waals surface area contributed by atoms with Crippen LogP contribution in [0.5, 0.6) is 5.75 Å². The largest absolute Gasteiger partial charge is 0.383 e. The van der Waals surface area contributed by atoms with Gasteiger partial charge in [-0.15, -0.1) is 0 Å². The fourth-order valence-corrected chi connectivity index (χ4v) is 2.43. The smallest absolute Gasteiger partial charge is 0.306 e. The van der Waals surface area contributed by atoms with E-state index in [0.29, 0.717) is 5.75 Å². The number of hydrogen-bond donors (Lipinski definition) is 0. The third-order valence-electron chi connectivity index (χ3n) is 2.69. The van der Waals surface area contributed by atoms with Gasteiger partial charge in [-0.3, -0.25) is 0 Å². The van der Waals surface area contributed by atoms with Gasteiger partial charge in [0.15, 0.2) is 0 Å². The van der Waals surface area contributed by atoms with E-state index in [1.165, 1.54) is 0 Å². The van der Waals surface area contributed by atoms with Crippen molar-refractivity contribution in [1.82, 2.24) is 0 Å². The highest BCUT2D eigenvalue weighted by molar-refractivity contribution is 7.86. The molecule has 0 bridgehead atoms. The number of benzene rings is 1. The standard InChI is InChI=1S/C16H26O4S/c1-15(2,3)14(19-16(4,5)6)12-8-10-13(11-9-12)20-21(7,17)18/h8-11,14H,1-7H3. The van der Waals surface area contributed by atoms with E-state index >= 15 is 0 Å². The van der Waals surface area contributed by atoms with Crippen LogP contribution in [-0.2, 0) is 14.9 Å². The molecule has 0 amide bonds. The van der Waals surface area contributed by atoms with Gasteiger partial charge >= 0.3 is 10.1 Å². The van der Waals surface area contributed by atoms with Crippen LogP contribution in [0.3, 0.4) is 0 Å². The van der Waals surface area contributed by atoms with Crippen LogP contribution in [0.25, 0.3) is 0 Å². The first-order chi connectivity index (χ1) is 9.28. The summed E-state index contributed by atoms with van der Waals surface area (Å²) in [5.74, 6) is 0.310. The Labute approximate surface area is 128 Å². The zero-order chi connectivity index (χ0) is 16.5. The molecule has 0 aromatic heterocycles. The third-order valence-corrected chi connectivity index (χ3v) is 3.18. The molecule has 4 nitrogen and oxygen atoms in total. The van der Waals surface area contributed by atoms with Gasteiger partial charge in [0.05, 0.1) is 18.0 Å². The minimum absolute atomic E-state index is 0.0769. The van der Waals surface area contributed by atoms with Gasteiger partial charge in [-0.2, -0.15) is 8.42 Å². The highest BCUT2D eigenvalue weighted by atomic mass is 32.2. The molecule has 0 aliphatic carbocycles. The van der Waals surface area contributed by atoms with Gasteiger partial charge in [0.1, 0.15) is 5.75 Å². The van der Waals surface area contributed by atoms with Gasteiger partial charge in [0, 0.05) is 0 Å². The lowest BCUT2D eigenvalue weighted by atomic mass is 9.84. The maximum absolute atomic E-state index is 11.1. The molecule has 0 saturated carbocycles. The van der Waals surface area contributed by atoms with Crippen LogP contribution in [0.2, 0.25) is 0 Å². The molecule has 0 saturated heterocycles. The Morgan fingerprint density at radius 1 is 0.952 bits per heavy atom. The normalized spacial score (nSPS) is 14.8. The molecule has 5 heteroatoms. The van der Waals surface area contributed by atoms with Crippen LogP contribution in [-0.4, -0.2) is 20.3 Å².